The first kappa shape index (κ1) is 16.1. The molecule has 3 heteroatoms. The van der Waals surface area contributed by atoms with Crippen molar-refractivity contribution in [3.63, 3.8) is 0 Å². The molecule has 0 aliphatic rings. The Morgan fingerprint density at radius 2 is 1.82 bits per heavy atom. The van der Waals surface area contributed by atoms with Crippen molar-refractivity contribution in [1.29, 1.82) is 0 Å². The van der Waals surface area contributed by atoms with Crippen LogP contribution >= 0.6 is 0 Å². The number of ether oxygens (including phenoxy) is 1. The van der Waals surface area contributed by atoms with E-state index in [0.717, 1.165) is 29.0 Å². The first-order valence-corrected chi connectivity index (χ1v) is 7.64. The van der Waals surface area contributed by atoms with Crippen molar-refractivity contribution in [3.05, 3.63) is 59.2 Å². The number of benzene rings is 2. The highest BCUT2D eigenvalue weighted by Crippen LogP contribution is 2.18. The summed E-state index contributed by atoms with van der Waals surface area (Å²) in [5.41, 5.74) is 3.67. The number of rotatable bonds is 5. The molecule has 0 fully saturated rings. The van der Waals surface area contributed by atoms with Crippen molar-refractivity contribution in [2.75, 3.05) is 5.32 Å². The Morgan fingerprint density at radius 3 is 2.45 bits per heavy atom. The maximum atomic E-state index is 12.4. The minimum atomic E-state index is -0.125. The number of hydrogen-bond acceptors (Lipinski definition) is 2. The summed E-state index contributed by atoms with van der Waals surface area (Å²) < 4.78 is 5.76. The highest BCUT2D eigenvalue weighted by atomic mass is 16.5. The van der Waals surface area contributed by atoms with E-state index in [-0.39, 0.29) is 12.0 Å². The zero-order chi connectivity index (χ0) is 16.1. The van der Waals surface area contributed by atoms with Gasteiger partial charge < -0.3 is 10.1 Å². The maximum Gasteiger partial charge on any atom is 0.255 e. The van der Waals surface area contributed by atoms with Crippen LogP contribution in [0, 0.1) is 13.8 Å². The predicted octanol–water partition coefficient (Wildman–Crippen LogP) is 4.73. The van der Waals surface area contributed by atoms with Gasteiger partial charge in [-0.05, 0) is 68.7 Å². The molecule has 3 nitrogen and oxygen atoms in total. The smallest absolute Gasteiger partial charge is 0.255 e. The molecule has 0 aliphatic heterocycles. The Bertz CT molecular complexity index is 644. The molecule has 0 saturated heterocycles. The molecule has 22 heavy (non-hydrogen) atoms. The third-order valence-electron chi connectivity index (χ3n) is 3.49. The lowest BCUT2D eigenvalue weighted by atomic mass is 10.1. The highest BCUT2D eigenvalue weighted by molar-refractivity contribution is 6.04. The van der Waals surface area contributed by atoms with Gasteiger partial charge >= 0.3 is 0 Å². The van der Waals surface area contributed by atoms with Crippen LogP contribution in [0.15, 0.2) is 42.5 Å². The fourth-order valence-electron chi connectivity index (χ4n) is 2.28. The molecule has 1 amide bonds. The molecule has 0 heterocycles. The van der Waals surface area contributed by atoms with Gasteiger partial charge in [-0.2, -0.15) is 0 Å². The van der Waals surface area contributed by atoms with E-state index in [1.807, 2.05) is 45.0 Å². The number of carbonyl (C=O) groups excluding carboxylic acids is 1. The lowest BCUT2D eigenvalue weighted by molar-refractivity contribution is 0.102. The van der Waals surface area contributed by atoms with Crippen molar-refractivity contribution in [1.82, 2.24) is 0 Å². The minimum Gasteiger partial charge on any atom is -0.491 e. The third kappa shape index (κ3) is 4.35. The zero-order valence-corrected chi connectivity index (χ0v) is 13.6. The first-order valence-electron chi connectivity index (χ1n) is 7.64. The molecule has 1 atom stereocenters. The van der Waals surface area contributed by atoms with E-state index in [0.29, 0.717) is 5.56 Å². The first-order chi connectivity index (χ1) is 10.5. The molecule has 0 saturated carbocycles. The Hall–Kier alpha value is -2.29. The van der Waals surface area contributed by atoms with Gasteiger partial charge in [0.15, 0.2) is 0 Å². The van der Waals surface area contributed by atoms with Crippen molar-refractivity contribution >= 4 is 11.6 Å². The molecule has 2 aromatic rings. The van der Waals surface area contributed by atoms with Gasteiger partial charge in [0, 0.05) is 11.3 Å². The molecule has 2 aromatic carbocycles. The lowest BCUT2D eigenvalue weighted by Gasteiger charge is -2.13. The molecule has 0 aromatic heterocycles. The summed E-state index contributed by atoms with van der Waals surface area (Å²) in [5, 5.41) is 2.94. The number of aryl methyl sites for hydroxylation is 2. The van der Waals surface area contributed by atoms with Gasteiger partial charge in [0.25, 0.3) is 5.91 Å². The van der Waals surface area contributed by atoms with Crippen LogP contribution in [0.25, 0.3) is 0 Å². The SMILES string of the molecule is CCC(C)Oc1cccc(C(=O)Nc2cc(C)cc(C)c2)c1. The van der Waals surface area contributed by atoms with E-state index >= 15 is 0 Å². The summed E-state index contributed by atoms with van der Waals surface area (Å²) in [6, 6.07) is 13.3. The maximum absolute atomic E-state index is 12.4. The number of carbonyl (C=O) groups is 1. The molecule has 0 bridgehead atoms. The van der Waals surface area contributed by atoms with Gasteiger partial charge in [0.1, 0.15) is 5.75 Å². The number of amides is 1. The standard InChI is InChI=1S/C19H23NO2/c1-5-15(4)22-18-8-6-7-16(12-18)19(21)20-17-10-13(2)9-14(3)11-17/h6-12,15H,5H2,1-4H3,(H,20,21). The Kier molecular flexibility index (Phi) is 5.21. The summed E-state index contributed by atoms with van der Waals surface area (Å²) in [5.74, 6) is 0.599. The van der Waals surface area contributed by atoms with E-state index in [9.17, 15) is 4.79 Å². The summed E-state index contributed by atoms with van der Waals surface area (Å²) in [4.78, 5) is 12.4. The molecule has 0 spiro atoms. The van der Waals surface area contributed by atoms with Crippen LogP contribution < -0.4 is 10.1 Å². The van der Waals surface area contributed by atoms with E-state index in [2.05, 4.69) is 18.3 Å². The van der Waals surface area contributed by atoms with E-state index < -0.39 is 0 Å². The molecular formula is C19H23NO2. The van der Waals surface area contributed by atoms with Gasteiger partial charge in [-0.25, -0.2) is 0 Å². The van der Waals surface area contributed by atoms with Gasteiger partial charge in [-0.15, -0.1) is 0 Å². The topological polar surface area (TPSA) is 38.3 Å². The van der Waals surface area contributed by atoms with Crippen molar-refractivity contribution in [2.45, 2.75) is 40.2 Å². The largest absolute Gasteiger partial charge is 0.491 e. The summed E-state index contributed by atoms with van der Waals surface area (Å²) in [6.07, 6.45) is 1.07. The summed E-state index contributed by atoms with van der Waals surface area (Å²) in [6.45, 7) is 8.12. The molecule has 1 unspecified atom stereocenters. The molecule has 2 rings (SSSR count). The molecule has 116 valence electrons. The number of hydrogen-bond donors (Lipinski definition) is 1. The molecule has 0 radical (unpaired) electrons. The van der Waals surface area contributed by atoms with Crippen LogP contribution in [0.2, 0.25) is 0 Å². The molecule has 0 aliphatic carbocycles. The van der Waals surface area contributed by atoms with E-state index in [1.54, 1.807) is 12.1 Å². The van der Waals surface area contributed by atoms with E-state index in [1.165, 1.54) is 0 Å². The zero-order valence-electron chi connectivity index (χ0n) is 13.6. The van der Waals surface area contributed by atoms with Crippen LogP contribution in [0.1, 0.15) is 41.8 Å². The van der Waals surface area contributed by atoms with Crippen LogP contribution in [-0.4, -0.2) is 12.0 Å². The van der Waals surface area contributed by atoms with Crippen molar-refractivity contribution in [2.24, 2.45) is 0 Å². The van der Waals surface area contributed by atoms with Gasteiger partial charge in [0.2, 0.25) is 0 Å². The van der Waals surface area contributed by atoms with Crippen molar-refractivity contribution in [3.8, 4) is 5.75 Å². The normalized spacial score (nSPS) is 11.8. The third-order valence-corrected chi connectivity index (χ3v) is 3.49. The molecule has 1 N–H and O–H groups in total. The quantitative estimate of drug-likeness (QED) is 0.866. The minimum absolute atomic E-state index is 0.125. The van der Waals surface area contributed by atoms with E-state index in [4.69, 9.17) is 4.74 Å². The fourth-order valence-corrected chi connectivity index (χ4v) is 2.28. The second-order valence-electron chi connectivity index (χ2n) is 5.70. The Morgan fingerprint density at radius 1 is 1.14 bits per heavy atom. The Balaban J connectivity index is 2.13. The van der Waals surface area contributed by atoms with Crippen molar-refractivity contribution < 1.29 is 9.53 Å². The number of anilines is 1. The Labute approximate surface area is 132 Å². The van der Waals surface area contributed by atoms with Gasteiger partial charge in [0.05, 0.1) is 6.10 Å². The predicted molar refractivity (Wildman–Crippen MR) is 90.7 cm³/mol. The number of nitrogens with one attached hydrogen (secondary N) is 1. The summed E-state index contributed by atoms with van der Waals surface area (Å²) >= 11 is 0. The summed E-state index contributed by atoms with van der Waals surface area (Å²) in [7, 11) is 0. The lowest BCUT2D eigenvalue weighted by Crippen LogP contribution is -2.13. The van der Waals surface area contributed by atoms with Crippen LogP contribution in [0.3, 0.4) is 0 Å². The second-order valence-corrected chi connectivity index (χ2v) is 5.70. The average molecular weight is 297 g/mol. The van der Waals surface area contributed by atoms with Gasteiger partial charge in [-0.1, -0.05) is 19.1 Å². The fraction of sp³-hybridized carbons (Fsp3) is 0.316. The van der Waals surface area contributed by atoms with Crippen LogP contribution in [0.5, 0.6) is 5.75 Å². The monoisotopic (exact) mass is 297 g/mol. The second kappa shape index (κ2) is 7.12. The van der Waals surface area contributed by atoms with Gasteiger partial charge in [-0.3, -0.25) is 4.79 Å². The van der Waals surface area contributed by atoms with Crippen LogP contribution in [-0.2, 0) is 0 Å². The highest BCUT2D eigenvalue weighted by Gasteiger charge is 2.09. The average Bonchev–Trinajstić information content (AvgIpc) is 2.46. The van der Waals surface area contributed by atoms with Crippen LogP contribution in [0.4, 0.5) is 5.69 Å². The molecular weight excluding hydrogens is 274 g/mol.